The summed E-state index contributed by atoms with van der Waals surface area (Å²) in [6.45, 7) is 18.8. The van der Waals surface area contributed by atoms with Gasteiger partial charge in [-0.1, -0.05) is 0 Å². The molecule has 0 radical (unpaired) electrons. The summed E-state index contributed by atoms with van der Waals surface area (Å²) < 4.78 is 11.2. The molecule has 4 nitrogen and oxygen atoms in total. The van der Waals surface area contributed by atoms with E-state index in [1.165, 1.54) is 58.3 Å². The van der Waals surface area contributed by atoms with E-state index in [0.29, 0.717) is 10.8 Å². The number of hydrogen-bond donors (Lipinski definition) is 0. The van der Waals surface area contributed by atoms with Crippen LogP contribution in [0.1, 0.15) is 59.8 Å². The van der Waals surface area contributed by atoms with Crippen LogP contribution < -0.4 is 0 Å². The number of likely N-dealkylation sites (tertiary alicyclic amines) is 2. The Bertz CT molecular complexity index is 472. The van der Waals surface area contributed by atoms with E-state index in [1.807, 2.05) is 0 Å². The minimum atomic E-state index is 0.189. The summed E-state index contributed by atoms with van der Waals surface area (Å²) in [4.78, 5) is 5.53. The van der Waals surface area contributed by atoms with Crippen molar-refractivity contribution in [3.8, 4) is 0 Å². The van der Waals surface area contributed by atoms with Crippen LogP contribution in [0.25, 0.3) is 0 Å². The Morgan fingerprint density at radius 2 is 1.04 bits per heavy atom. The monoisotopic (exact) mass is 350 g/mol. The molecule has 2 spiro atoms. The Balaban J connectivity index is 1.40. The van der Waals surface area contributed by atoms with E-state index in [9.17, 15) is 0 Å². The summed E-state index contributed by atoms with van der Waals surface area (Å²) in [6, 6.07) is 0. The molecule has 4 heteroatoms. The van der Waals surface area contributed by atoms with Gasteiger partial charge in [-0.2, -0.15) is 0 Å². The van der Waals surface area contributed by atoms with E-state index in [-0.39, 0.29) is 11.1 Å². The average Bonchev–Trinajstić information content (AvgIpc) is 3.02. The van der Waals surface area contributed by atoms with Crippen LogP contribution in [0.2, 0.25) is 0 Å². The highest BCUT2D eigenvalue weighted by Gasteiger charge is 2.51. The van der Waals surface area contributed by atoms with Crippen molar-refractivity contribution >= 4 is 0 Å². The summed E-state index contributed by atoms with van der Waals surface area (Å²) in [5.74, 6) is 0. The zero-order chi connectivity index (χ0) is 17.8. The SMILES string of the molecule is CC(C)(N1CCC2(CCOC2)CC1)C(C)(C)N1CCC2(CC1)COC2. The molecule has 0 aromatic rings. The standard InChI is InChI=1S/C21H38N2O2/c1-18(2,22-10-5-20(6-11-22)9-14-24-15-20)19(3,4)23-12-7-21(8-13-23)16-25-17-21/h5-17H2,1-4H3. The lowest BCUT2D eigenvalue weighted by Gasteiger charge is -2.59. The first-order valence-corrected chi connectivity index (χ1v) is 10.4. The van der Waals surface area contributed by atoms with Gasteiger partial charge in [0.2, 0.25) is 0 Å². The van der Waals surface area contributed by atoms with E-state index in [0.717, 1.165) is 26.4 Å². The van der Waals surface area contributed by atoms with E-state index in [1.54, 1.807) is 0 Å². The first-order chi connectivity index (χ1) is 11.8. The lowest BCUT2D eigenvalue weighted by atomic mass is 9.71. The van der Waals surface area contributed by atoms with Crippen molar-refractivity contribution in [3.05, 3.63) is 0 Å². The molecule has 0 amide bonds. The molecule has 0 saturated carbocycles. The Hall–Kier alpha value is -0.160. The fourth-order valence-corrected chi connectivity index (χ4v) is 5.58. The second-order valence-corrected chi connectivity index (χ2v) is 10.4. The van der Waals surface area contributed by atoms with Gasteiger partial charge in [-0.25, -0.2) is 0 Å². The first-order valence-electron chi connectivity index (χ1n) is 10.4. The van der Waals surface area contributed by atoms with Crippen LogP contribution in [0.5, 0.6) is 0 Å². The summed E-state index contributed by atoms with van der Waals surface area (Å²) in [5, 5.41) is 0. The highest BCUT2D eigenvalue weighted by Crippen LogP contribution is 2.45. The zero-order valence-electron chi connectivity index (χ0n) is 16.9. The lowest BCUT2D eigenvalue weighted by Crippen LogP contribution is -2.68. The molecular weight excluding hydrogens is 312 g/mol. The molecule has 4 fully saturated rings. The second-order valence-electron chi connectivity index (χ2n) is 10.4. The average molecular weight is 351 g/mol. The van der Waals surface area contributed by atoms with Gasteiger partial charge in [-0.15, -0.1) is 0 Å². The molecule has 4 rings (SSSR count). The first kappa shape index (κ1) is 18.2. The van der Waals surface area contributed by atoms with Crippen molar-refractivity contribution < 1.29 is 9.47 Å². The molecule has 25 heavy (non-hydrogen) atoms. The molecule has 0 bridgehead atoms. The van der Waals surface area contributed by atoms with Crippen LogP contribution in [0.3, 0.4) is 0 Å². The number of piperidine rings is 2. The van der Waals surface area contributed by atoms with Gasteiger partial charge in [0, 0.05) is 23.1 Å². The van der Waals surface area contributed by atoms with E-state index < -0.39 is 0 Å². The van der Waals surface area contributed by atoms with Gasteiger partial charge in [0.15, 0.2) is 0 Å². The number of hydrogen-bond acceptors (Lipinski definition) is 4. The second kappa shape index (κ2) is 6.19. The van der Waals surface area contributed by atoms with Crippen LogP contribution in [-0.4, -0.2) is 73.5 Å². The van der Waals surface area contributed by atoms with E-state index in [2.05, 4.69) is 37.5 Å². The maximum absolute atomic E-state index is 5.72. The van der Waals surface area contributed by atoms with Gasteiger partial charge >= 0.3 is 0 Å². The third-order valence-electron chi connectivity index (χ3n) is 8.73. The predicted octanol–water partition coefficient (Wildman–Crippen LogP) is 3.16. The Kier molecular flexibility index (Phi) is 4.51. The fourth-order valence-electron chi connectivity index (χ4n) is 5.58. The van der Waals surface area contributed by atoms with E-state index in [4.69, 9.17) is 9.47 Å². The van der Waals surface area contributed by atoms with Crippen molar-refractivity contribution in [2.24, 2.45) is 10.8 Å². The van der Waals surface area contributed by atoms with E-state index >= 15 is 0 Å². The summed E-state index contributed by atoms with van der Waals surface area (Å²) in [7, 11) is 0. The largest absolute Gasteiger partial charge is 0.381 e. The predicted molar refractivity (Wildman–Crippen MR) is 101 cm³/mol. The van der Waals surface area contributed by atoms with Crippen molar-refractivity contribution in [2.45, 2.75) is 70.9 Å². The van der Waals surface area contributed by atoms with Crippen molar-refractivity contribution in [3.63, 3.8) is 0 Å². The Labute approximate surface area is 154 Å². The maximum Gasteiger partial charge on any atom is 0.0545 e. The number of nitrogens with zero attached hydrogens (tertiary/aromatic N) is 2. The van der Waals surface area contributed by atoms with Gasteiger partial charge < -0.3 is 9.47 Å². The quantitative estimate of drug-likeness (QED) is 0.781. The number of ether oxygens (including phenoxy) is 2. The van der Waals surface area contributed by atoms with Crippen LogP contribution in [0.15, 0.2) is 0 Å². The van der Waals surface area contributed by atoms with Gasteiger partial charge in [0.1, 0.15) is 0 Å². The topological polar surface area (TPSA) is 24.9 Å². The van der Waals surface area contributed by atoms with Gasteiger partial charge in [0.25, 0.3) is 0 Å². The molecule has 0 aliphatic carbocycles. The van der Waals surface area contributed by atoms with Crippen molar-refractivity contribution in [2.75, 3.05) is 52.6 Å². The third-order valence-corrected chi connectivity index (χ3v) is 8.73. The molecule has 4 saturated heterocycles. The molecule has 0 unspecified atom stereocenters. The zero-order valence-corrected chi connectivity index (χ0v) is 16.9. The molecule has 4 aliphatic rings. The molecule has 0 aromatic carbocycles. The normalized spacial score (nSPS) is 30.7. The van der Waals surface area contributed by atoms with Crippen LogP contribution in [0, 0.1) is 10.8 Å². The summed E-state index contributed by atoms with van der Waals surface area (Å²) in [6.07, 6.45) is 6.53. The molecule has 0 N–H and O–H groups in total. The third kappa shape index (κ3) is 2.97. The minimum absolute atomic E-state index is 0.189. The highest BCUT2D eigenvalue weighted by atomic mass is 16.5. The molecule has 144 valence electrons. The van der Waals surface area contributed by atoms with Gasteiger partial charge in [-0.3, -0.25) is 9.80 Å². The van der Waals surface area contributed by atoms with Gasteiger partial charge in [-0.05, 0) is 91.4 Å². The summed E-state index contributed by atoms with van der Waals surface area (Å²) >= 11 is 0. The molecule has 0 atom stereocenters. The van der Waals surface area contributed by atoms with Crippen molar-refractivity contribution in [1.29, 1.82) is 0 Å². The highest BCUT2D eigenvalue weighted by molar-refractivity contribution is 5.07. The minimum Gasteiger partial charge on any atom is -0.381 e. The van der Waals surface area contributed by atoms with Crippen molar-refractivity contribution in [1.82, 2.24) is 9.80 Å². The molecular formula is C21H38N2O2. The Morgan fingerprint density at radius 3 is 1.40 bits per heavy atom. The van der Waals surface area contributed by atoms with Gasteiger partial charge in [0.05, 0.1) is 19.8 Å². The Morgan fingerprint density at radius 1 is 0.600 bits per heavy atom. The maximum atomic E-state index is 5.72. The molecule has 4 heterocycles. The molecule has 4 aliphatic heterocycles. The lowest BCUT2D eigenvalue weighted by molar-refractivity contribution is -0.157. The van der Waals surface area contributed by atoms with Crippen LogP contribution in [-0.2, 0) is 9.47 Å². The number of rotatable bonds is 3. The van der Waals surface area contributed by atoms with Crippen LogP contribution in [0.4, 0.5) is 0 Å². The van der Waals surface area contributed by atoms with Crippen LogP contribution >= 0.6 is 0 Å². The fraction of sp³-hybridized carbons (Fsp3) is 1.00. The summed E-state index contributed by atoms with van der Waals surface area (Å²) in [5.41, 5.74) is 1.40. The molecule has 0 aromatic heterocycles. The smallest absolute Gasteiger partial charge is 0.0545 e.